The zero-order chi connectivity index (χ0) is 10.3. The smallest absolute Gasteiger partial charge is 0.182 e. The summed E-state index contributed by atoms with van der Waals surface area (Å²) in [6.45, 7) is 2.03. The monoisotopic (exact) mass is 222 g/mol. The van der Waals surface area contributed by atoms with Crippen LogP contribution in [0.5, 0.6) is 0 Å². The van der Waals surface area contributed by atoms with Crippen LogP contribution in [0.4, 0.5) is 5.13 Å². The largest absolute Gasteiger partial charge is 0.362 e. The number of thiazole rings is 1. The molecule has 0 bridgehead atoms. The molecule has 0 atom stereocenters. The second-order valence-electron chi connectivity index (χ2n) is 3.27. The van der Waals surface area contributed by atoms with E-state index in [4.69, 9.17) is 0 Å². The minimum absolute atomic E-state index is 0.988. The summed E-state index contributed by atoms with van der Waals surface area (Å²) >= 11 is 1.64. The van der Waals surface area contributed by atoms with Gasteiger partial charge in [0.1, 0.15) is 0 Å². The lowest BCUT2D eigenvalue weighted by Gasteiger charge is -2.03. The zero-order valence-electron chi connectivity index (χ0n) is 8.47. The topological polar surface area (TPSA) is 42.7 Å². The Bertz CT molecular complexity index is 318. The Morgan fingerprint density at radius 2 is 2.33 bits per heavy atom. The molecule has 0 aliphatic heterocycles. The van der Waals surface area contributed by atoms with Crippen LogP contribution in [0.2, 0.25) is 0 Å². The zero-order valence-corrected chi connectivity index (χ0v) is 9.28. The maximum absolute atomic E-state index is 4.16. The van der Waals surface area contributed by atoms with Crippen molar-refractivity contribution < 1.29 is 0 Å². The van der Waals surface area contributed by atoms with Crippen molar-refractivity contribution in [2.24, 2.45) is 0 Å². The number of anilines is 1. The molecule has 5 heteroatoms. The summed E-state index contributed by atoms with van der Waals surface area (Å²) in [6.07, 6.45) is 9.79. The van der Waals surface area contributed by atoms with Gasteiger partial charge in [0.15, 0.2) is 5.13 Å². The van der Waals surface area contributed by atoms with Crippen LogP contribution in [-0.2, 0) is 6.54 Å². The molecule has 2 heterocycles. The fourth-order valence-electron chi connectivity index (χ4n) is 1.34. The Balaban J connectivity index is 1.56. The summed E-state index contributed by atoms with van der Waals surface area (Å²) in [5.74, 6) is 0. The number of aromatic nitrogens is 3. The van der Waals surface area contributed by atoms with E-state index in [1.165, 1.54) is 0 Å². The summed E-state index contributed by atoms with van der Waals surface area (Å²) < 4.78 is 2.10. The van der Waals surface area contributed by atoms with E-state index in [1.54, 1.807) is 11.3 Å². The first-order valence-corrected chi connectivity index (χ1v) is 5.92. The van der Waals surface area contributed by atoms with Crippen LogP contribution < -0.4 is 5.32 Å². The van der Waals surface area contributed by atoms with Gasteiger partial charge in [-0.05, 0) is 12.8 Å². The van der Waals surface area contributed by atoms with Crippen molar-refractivity contribution in [1.29, 1.82) is 0 Å². The highest BCUT2D eigenvalue weighted by Gasteiger charge is 1.94. The number of imidazole rings is 1. The molecule has 0 aliphatic carbocycles. The molecule has 0 aliphatic rings. The highest BCUT2D eigenvalue weighted by atomic mass is 32.1. The number of nitrogens with one attached hydrogen (secondary N) is 1. The molecular weight excluding hydrogens is 208 g/mol. The molecule has 0 saturated carbocycles. The predicted octanol–water partition coefficient (Wildman–Crippen LogP) is 2.23. The van der Waals surface area contributed by atoms with Gasteiger partial charge in [-0.3, -0.25) is 0 Å². The van der Waals surface area contributed by atoms with E-state index in [2.05, 4.69) is 19.9 Å². The van der Waals surface area contributed by atoms with E-state index in [1.807, 2.05) is 30.3 Å². The lowest BCUT2D eigenvalue weighted by Crippen LogP contribution is -2.03. The SMILES string of the molecule is c1cn(CCCCNc2nccs2)cn1. The van der Waals surface area contributed by atoms with E-state index in [9.17, 15) is 0 Å². The summed E-state index contributed by atoms with van der Waals surface area (Å²) in [7, 11) is 0. The third-order valence-corrected chi connectivity index (χ3v) is 2.84. The number of hydrogen-bond donors (Lipinski definition) is 1. The van der Waals surface area contributed by atoms with Gasteiger partial charge in [0, 0.05) is 37.1 Å². The lowest BCUT2D eigenvalue weighted by molar-refractivity contribution is 0.621. The van der Waals surface area contributed by atoms with E-state index < -0.39 is 0 Å². The van der Waals surface area contributed by atoms with Gasteiger partial charge < -0.3 is 9.88 Å². The van der Waals surface area contributed by atoms with Crippen LogP contribution in [0.1, 0.15) is 12.8 Å². The standard InChI is InChI=1S/C10H14N4S/c1(2-6-14-7-4-11-9-14)3-12-10-13-5-8-15-10/h4-5,7-9H,1-3,6H2,(H,12,13). The van der Waals surface area contributed by atoms with Crippen molar-refractivity contribution >= 4 is 16.5 Å². The van der Waals surface area contributed by atoms with Crippen molar-refractivity contribution in [3.63, 3.8) is 0 Å². The van der Waals surface area contributed by atoms with Gasteiger partial charge in [-0.2, -0.15) is 0 Å². The molecule has 15 heavy (non-hydrogen) atoms. The second-order valence-corrected chi connectivity index (χ2v) is 4.17. The molecular formula is C10H14N4S. The van der Waals surface area contributed by atoms with Crippen molar-refractivity contribution in [2.45, 2.75) is 19.4 Å². The van der Waals surface area contributed by atoms with Crippen LogP contribution in [0.3, 0.4) is 0 Å². The molecule has 0 amide bonds. The Morgan fingerprint density at radius 3 is 3.07 bits per heavy atom. The van der Waals surface area contributed by atoms with Gasteiger partial charge in [0.05, 0.1) is 6.33 Å². The summed E-state index contributed by atoms with van der Waals surface area (Å²) in [4.78, 5) is 8.16. The molecule has 2 aromatic heterocycles. The van der Waals surface area contributed by atoms with Gasteiger partial charge >= 0.3 is 0 Å². The highest BCUT2D eigenvalue weighted by molar-refractivity contribution is 7.13. The van der Waals surface area contributed by atoms with E-state index in [0.29, 0.717) is 0 Å². The maximum Gasteiger partial charge on any atom is 0.182 e. The number of nitrogens with zero attached hydrogens (tertiary/aromatic N) is 3. The second kappa shape index (κ2) is 5.50. The average molecular weight is 222 g/mol. The highest BCUT2D eigenvalue weighted by Crippen LogP contribution is 2.10. The van der Waals surface area contributed by atoms with E-state index >= 15 is 0 Å². The Kier molecular flexibility index (Phi) is 3.73. The quantitative estimate of drug-likeness (QED) is 0.762. The summed E-state index contributed by atoms with van der Waals surface area (Å²) in [5, 5.41) is 6.28. The number of rotatable bonds is 6. The molecule has 1 N–H and O–H groups in total. The van der Waals surface area contributed by atoms with E-state index in [-0.39, 0.29) is 0 Å². The van der Waals surface area contributed by atoms with Crippen LogP contribution >= 0.6 is 11.3 Å². The molecule has 0 fully saturated rings. The fraction of sp³-hybridized carbons (Fsp3) is 0.400. The Labute approximate surface area is 93.0 Å². The number of hydrogen-bond acceptors (Lipinski definition) is 4. The number of unbranched alkanes of at least 4 members (excludes halogenated alkanes) is 1. The third kappa shape index (κ3) is 3.36. The summed E-state index contributed by atoms with van der Waals surface area (Å²) in [5.41, 5.74) is 0. The van der Waals surface area contributed by atoms with Gasteiger partial charge in [0.2, 0.25) is 0 Å². The minimum atomic E-state index is 0.988. The van der Waals surface area contributed by atoms with Crippen molar-refractivity contribution in [2.75, 3.05) is 11.9 Å². The molecule has 4 nitrogen and oxygen atoms in total. The molecule has 0 spiro atoms. The predicted molar refractivity (Wildman–Crippen MR) is 62.1 cm³/mol. The first-order chi connectivity index (χ1) is 7.45. The van der Waals surface area contributed by atoms with Crippen LogP contribution in [0.25, 0.3) is 0 Å². The fourth-order valence-corrected chi connectivity index (χ4v) is 1.90. The molecule has 0 unspecified atom stereocenters. The first kappa shape index (κ1) is 10.2. The minimum Gasteiger partial charge on any atom is -0.362 e. The molecule has 0 saturated heterocycles. The Morgan fingerprint density at radius 1 is 1.33 bits per heavy atom. The van der Waals surface area contributed by atoms with E-state index in [0.717, 1.165) is 31.1 Å². The van der Waals surface area contributed by atoms with Crippen LogP contribution in [-0.4, -0.2) is 21.1 Å². The molecule has 2 aromatic rings. The third-order valence-electron chi connectivity index (χ3n) is 2.11. The normalized spacial score (nSPS) is 10.4. The van der Waals surface area contributed by atoms with Crippen molar-refractivity contribution in [3.05, 3.63) is 30.3 Å². The maximum atomic E-state index is 4.16. The summed E-state index contributed by atoms with van der Waals surface area (Å²) in [6, 6.07) is 0. The first-order valence-electron chi connectivity index (χ1n) is 5.04. The van der Waals surface area contributed by atoms with Crippen molar-refractivity contribution in [1.82, 2.24) is 14.5 Å². The van der Waals surface area contributed by atoms with Crippen LogP contribution in [0.15, 0.2) is 30.3 Å². The van der Waals surface area contributed by atoms with Gasteiger partial charge in [-0.25, -0.2) is 9.97 Å². The van der Waals surface area contributed by atoms with Crippen LogP contribution in [0, 0.1) is 0 Å². The van der Waals surface area contributed by atoms with Gasteiger partial charge in [-0.1, -0.05) is 0 Å². The molecule has 0 radical (unpaired) electrons. The molecule has 2 rings (SSSR count). The lowest BCUT2D eigenvalue weighted by atomic mass is 10.3. The van der Waals surface area contributed by atoms with Crippen molar-refractivity contribution in [3.8, 4) is 0 Å². The Hall–Kier alpha value is -1.36. The van der Waals surface area contributed by atoms with Gasteiger partial charge in [0.25, 0.3) is 0 Å². The van der Waals surface area contributed by atoms with Gasteiger partial charge in [-0.15, -0.1) is 11.3 Å². The number of aryl methyl sites for hydroxylation is 1. The average Bonchev–Trinajstić information content (AvgIpc) is 2.88. The molecule has 0 aromatic carbocycles. The molecule has 80 valence electrons.